The first-order chi connectivity index (χ1) is 13.3. The molecule has 0 saturated carbocycles. The molecule has 0 aliphatic carbocycles. The Hall–Kier alpha value is -2.48. The second-order valence-electron chi connectivity index (χ2n) is 7.50. The van der Waals surface area contributed by atoms with Crippen molar-refractivity contribution in [3.63, 3.8) is 0 Å². The van der Waals surface area contributed by atoms with Crippen LogP contribution in [0.4, 0.5) is 4.39 Å². The summed E-state index contributed by atoms with van der Waals surface area (Å²) >= 11 is 0. The topological polar surface area (TPSA) is 82.6 Å². The van der Waals surface area contributed by atoms with Crippen LogP contribution in [0.2, 0.25) is 0 Å². The number of carbonyl (C=O) groups is 1. The van der Waals surface area contributed by atoms with Gasteiger partial charge in [0.1, 0.15) is 11.6 Å². The standard InChI is InChI=1S/C21H26FN3O3/c1-21(2,27)19(16-6-4-5-7-17(16)22)25-20(26)13-8-9-15(18(10-13)28-3)14-11-23-24-12-14/h4-10,14,19,23-24,27H,11-12H2,1-3H3,(H,25,26). The molecule has 3 rings (SSSR count). The molecule has 0 aromatic heterocycles. The number of halogens is 1. The number of hydrazine groups is 1. The summed E-state index contributed by atoms with van der Waals surface area (Å²) in [6.07, 6.45) is 0. The van der Waals surface area contributed by atoms with Crippen LogP contribution >= 0.6 is 0 Å². The van der Waals surface area contributed by atoms with E-state index in [9.17, 15) is 14.3 Å². The van der Waals surface area contributed by atoms with E-state index in [0.717, 1.165) is 18.7 Å². The van der Waals surface area contributed by atoms with Gasteiger partial charge in [0, 0.05) is 30.1 Å². The molecule has 2 aromatic rings. The summed E-state index contributed by atoms with van der Waals surface area (Å²) in [5.74, 6) is -0.0320. The summed E-state index contributed by atoms with van der Waals surface area (Å²) in [7, 11) is 1.56. The third kappa shape index (κ3) is 4.32. The number of ether oxygens (including phenoxy) is 1. The number of hydrogen-bond acceptors (Lipinski definition) is 5. The molecule has 0 radical (unpaired) electrons. The molecule has 1 unspecified atom stereocenters. The smallest absolute Gasteiger partial charge is 0.252 e. The highest BCUT2D eigenvalue weighted by atomic mass is 19.1. The van der Waals surface area contributed by atoms with Gasteiger partial charge in [-0.15, -0.1) is 0 Å². The molecule has 1 atom stereocenters. The van der Waals surface area contributed by atoms with Crippen LogP contribution in [0.5, 0.6) is 5.75 Å². The first-order valence-electron chi connectivity index (χ1n) is 9.22. The first kappa shape index (κ1) is 20.3. The second-order valence-corrected chi connectivity index (χ2v) is 7.50. The average Bonchev–Trinajstić information content (AvgIpc) is 3.19. The van der Waals surface area contributed by atoms with Crippen LogP contribution in [0.25, 0.3) is 0 Å². The highest BCUT2D eigenvalue weighted by Crippen LogP contribution is 2.30. The minimum absolute atomic E-state index is 0.232. The third-order valence-electron chi connectivity index (χ3n) is 4.96. The van der Waals surface area contributed by atoms with E-state index in [1.807, 2.05) is 6.07 Å². The van der Waals surface area contributed by atoms with Crippen molar-refractivity contribution >= 4 is 5.91 Å². The van der Waals surface area contributed by atoms with Gasteiger partial charge in [-0.05, 0) is 37.6 Å². The molecule has 1 amide bonds. The van der Waals surface area contributed by atoms with E-state index in [1.165, 1.54) is 19.9 Å². The van der Waals surface area contributed by atoms with Crippen molar-refractivity contribution in [1.82, 2.24) is 16.2 Å². The monoisotopic (exact) mass is 387 g/mol. The van der Waals surface area contributed by atoms with E-state index in [4.69, 9.17) is 4.74 Å². The average molecular weight is 387 g/mol. The summed E-state index contributed by atoms with van der Waals surface area (Å²) in [5.41, 5.74) is 6.41. The van der Waals surface area contributed by atoms with Crippen molar-refractivity contribution in [2.24, 2.45) is 0 Å². The van der Waals surface area contributed by atoms with Crippen molar-refractivity contribution in [3.8, 4) is 5.75 Å². The maximum atomic E-state index is 14.3. The second kappa shape index (κ2) is 8.26. The molecule has 1 aliphatic rings. The van der Waals surface area contributed by atoms with Crippen molar-refractivity contribution in [2.75, 3.05) is 20.2 Å². The van der Waals surface area contributed by atoms with Gasteiger partial charge in [-0.1, -0.05) is 24.3 Å². The largest absolute Gasteiger partial charge is 0.496 e. The Morgan fingerprint density at radius 2 is 1.93 bits per heavy atom. The summed E-state index contributed by atoms with van der Waals surface area (Å²) in [6.45, 7) is 4.62. The first-order valence-corrected chi connectivity index (χ1v) is 9.22. The molecule has 0 bridgehead atoms. The van der Waals surface area contributed by atoms with Gasteiger partial charge in [-0.2, -0.15) is 0 Å². The maximum Gasteiger partial charge on any atom is 0.252 e. The Kier molecular flexibility index (Phi) is 5.98. The fourth-order valence-corrected chi connectivity index (χ4v) is 3.43. The molecule has 0 spiro atoms. The zero-order chi connectivity index (χ0) is 20.3. The molecule has 1 saturated heterocycles. The number of hydrogen-bond donors (Lipinski definition) is 4. The van der Waals surface area contributed by atoms with Gasteiger partial charge >= 0.3 is 0 Å². The Bertz CT molecular complexity index is 845. The molecular weight excluding hydrogens is 361 g/mol. The van der Waals surface area contributed by atoms with Gasteiger partial charge in [0.05, 0.1) is 18.8 Å². The lowest BCUT2D eigenvalue weighted by Gasteiger charge is -2.31. The quantitative estimate of drug-likeness (QED) is 0.611. The molecule has 150 valence electrons. The van der Waals surface area contributed by atoms with Gasteiger partial charge < -0.3 is 15.2 Å². The Morgan fingerprint density at radius 3 is 2.54 bits per heavy atom. The fraction of sp³-hybridized carbons (Fsp3) is 0.381. The lowest BCUT2D eigenvalue weighted by molar-refractivity contribution is 0.0332. The van der Waals surface area contributed by atoms with Crippen LogP contribution < -0.4 is 20.9 Å². The zero-order valence-electron chi connectivity index (χ0n) is 16.3. The SMILES string of the molecule is COc1cc(C(=O)NC(c2ccccc2F)C(C)(C)O)ccc1C1CNNC1. The number of amides is 1. The normalized spacial score (nSPS) is 16.0. The highest BCUT2D eigenvalue weighted by molar-refractivity contribution is 5.95. The van der Waals surface area contributed by atoms with Gasteiger partial charge in [0.2, 0.25) is 0 Å². The van der Waals surface area contributed by atoms with E-state index in [2.05, 4.69) is 16.2 Å². The van der Waals surface area contributed by atoms with E-state index >= 15 is 0 Å². The minimum atomic E-state index is -1.36. The summed E-state index contributed by atoms with van der Waals surface area (Å²) in [5, 5.41) is 13.3. The number of aliphatic hydroxyl groups is 1. The summed E-state index contributed by atoms with van der Waals surface area (Å²) in [4.78, 5) is 12.9. The number of nitrogens with one attached hydrogen (secondary N) is 3. The Labute approximate surface area is 164 Å². The van der Waals surface area contributed by atoms with Gasteiger partial charge in [-0.25, -0.2) is 4.39 Å². The number of rotatable bonds is 6. The number of methoxy groups -OCH3 is 1. The van der Waals surface area contributed by atoms with E-state index in [1.54, 1.807) is 37.4 Å². The maximum absolute atomic E-state index is 14.3. The molecule has 1 aliphatic heterocycles. The molecule has 6 nitrogen and oxygen atoms in total. The summed E-state index contributed by atoms with van der Waals surface area (Å²) < 4.78 is 19.8. The number of carbonyl (C=O) groups excluding carboxylic acids is 1. The van der Waals surface area contributed by atoms with Crippen molar-refractivity contribution < 1.29 is 19.0 Å². The predicted molar refractivity (Wildman–Crippen MR) is 105 cm³/mol. The van der Waals surface area contributed by atoms with Crippen LogP contribution in [0.3, 0.4) is 0 Å². The molecule has 4 N–H and O–H groups in total. The predicted octanol–water partition coefficient (Wildman–Crippen LogP) is 2.27. The Balaban J connectivity index is 1.87. The molecule has 7 heteroatoms. The Morgan fingerprint density at radius 1 is 1.25 bits per heavy atom. The molecule has 28 heavy (non-hydrogen) atoms. The van der Waals surface area contributed by atoms with Crippen molar-refractivity contribution in [2.45, 2.75) is 31.4 Å². The lowest BCUT2D eigenvalue weighted by Crippen LogP contribution is -2.42. The molecule has 2 aromatic carbocycles. The van der Waals surface area contributed by atoms with Crippen molar-refractivity contribution in [1.29, 1.82) is 0 Å². The van der Waals surface area contributed by atoms with Crippen molar-refractivity contribution in [3.05, 3.63) is 65.0 Å². The van der Waals surface area contributed by atoms with Crippen LogP contribution in [-0.4, -0.2) is 36.8 Å². The van der Waals surface area contributed by atoms with Gasteiger partial charge in [0.25, 0.3) is 5.91 Å². The van der Waals surface area contributed by atoms with E-state index < -0.39 is 23.4 Å². The molecule has 1 fully saturated rings. The number of benzene rings is 2. The van der Waals surface area contributed by atoms with Crippen LogP contribution in [0, 0.1) is 5.82 Å². The zero-order valence-corrected chi connectivity index (χ0v) is 16.3. The van der Waals surface area contributed by atoms with Crippen LogP contribution in [0.1, 0.15) is 47.3 Å². The molecular formula is C21H26FN3O3. The fourth-order valence-electron chi connectivity index (χ4n) is 3.43. The van der Waals surface area contributed by atoms with E-state index in [0.29, 0.717) is 11.3 Å². The molecule has 1 heterocycles. The highest BCUT2D eigenvalue weighted by Gasteiger charge is 2.32. The summed E-state index contributed by atoms with van der Waals surface area (Å²) in [6, 6.07) is 10.5. The minimum Gasteiger partial charge on any atom is -0.496 e. The third-order valence-corrected chi connectivity index (χ3v) is 4.96. The van der Waals surface area contributed by atoms with Crippen LogP contribution in [-0.2, 0) is 0 Å². The lowest BCUT2D eigenvalue weighted by atomic mass is 9.91. The van der Waals surface area contributed by atoms with Gasteiger partial charge in [0.15, 0.2) is 0 Å². The van der Waals surface area contributed by atoms with Gasteiger partial charge in [-0.3, -0.25) is 15.6 Å². The van der Waals surface area contributed by atoms with Crippen LogP contribution in [0.15, 0.2) is 42.5 Å². The van der Waals surface area contributed by atoms with E-state index in [-0.39, 0.29) is 11.5 Å².